The summed E-state index contributed by atoms with van der Waals surface area (Å²) >= 11 is 0. The Hall–Kier alpha value is -2.14. The van der Waals surface area contributed by atoms with Gasteiger partial charge < -0.3 is 10.4 Å². The molecule has 1 aromatic carbocycles. The Morgan fingerprint density at radius 1 is 1.32 bits per heavy atom. The molecule has 25 heavy (non-hydrogen) atoms. The predicted molar refractivity (Wildman–Crippen MR) is 97.3 cm³/mol. The first kappa shape index (κ1) is 17.7. The van der Waals surface area contributed by atoms with Gasteiger partial charge in [0.25, 0.3) is 0 Å². The monoisotopic (exact) mass is 341 g/mol. The first-order chi connectivity index (χ1) is 12.0. The van der Waals surface area contributed by atoms with Crippen molar-refractivity contribution in [2.24, 2.45) is 7.05 Å². The van der Waals surface area contributed by atoms with Crippen LogP contribution in [0.4, 0.5) is 0 Å². The van der Waals surface area contributed by atoms with Gasteiger partial charge in [0, 0.05) is 18.3 Å². The summed E-state index contributed by atoms with van der Waals surface area (Å²) in [5, 5.41) is 18.4. The lowest BCUT2D eigenvalue weighted by atomic mass is 9.96. The van der Waals surface area contributed by atoms with Crippen molar-refractivity contribution in [2.75, 3.05) is 6.54 Å². The number of carbonyl (C=O) groups excluding carboxylic acids is 1. The molecule has 2 N–H and O–H groups in total. The molecule has 0 aliphatic heterocycles. The molecule has 1 atom stereocenters. The minimum atomic E-state index is -0.956. The Morgan fingerprint density at radius 3 is 2.80 bits per heavy atom. The van der Waals surface area contributed by atoms with Crippen LogP contribution in [0.25, 0.3) is 0 Å². The number of hydrogen-bond donors (Lipinski definition) is 2. The number of nitrogens with one attached hydrogen (secondary N) is 1. The molecule has 134 valence electrons. The van der Waals surface area contributed by atoms with Gasteiger partial charge in [0.05, 0.1) is 18.7 Å². The van der Waals surface area contributed by atoms with Crippen LogP contribution in [-0.2, 0) is 43.1 Å². The van der Waals surface area contributed by atoms with Gasteiger partial charge in [0.15, 0.2) is 0 Å². The molecule has 2 aromatic rings. The number of hydrogen-bond acceptors (Lipinski definition) is 3. The van der Waals surface area contributed by atoms with Crippen LogP contribution in [0.15, 0.2) is 24.3 Å². The molecule has 0 bridgehead atoms. The molecule has 0 spiro atoms. The van der Waals surface area contributed by atoms with Crippen LogP contribution in [0.3, 0.4) is 0 Å². The SMILES string of the molecule is CCc1nn(C)c(CC)c1CC(=O)NCC1(O)CCc2ccccc21. The van der Waals surface area contributed by atoms with Gasteiger partial charge in [-0.15, -0.1) is 0 Å². The zero-order valence-electron chi connectivity index (χ0n) is 15.3. The summed E-state index contributed by atoms with van der Waals surface area (Å²) in [4.78, 5) is 12.5. The summed E-state index contributed by atoms with van der Waals surface area (Å²) in [6.07, 6.45) is 3.49. The summed E-state index contributed by atoms with van der Waals surface area (Å²) < 4.78 is 1.88. The third-order valence-electron chi connectivity index (χ3n) is 5.27. The molecule has 0 radical (unpaired) electrons. The topological polar surface area (TPSA) is 67.2 Å². The van der Waals surface area contributed by atoms with Crippen LogP contribution in [0.2, 0.25) is 0 Å². The molecule has 0 saturated heterocycles. The molecule has 0 saturated carbocycles. The van der Waals surface area contributed by atoms with Gasteiger partial charge in [-0.05, 0) is 36.8 Å². The minimum Gasteiger partial charge on any atom is -0.383 e. The standard InChI is InChI=1S/C20H27N3O2/c1-4-17-15(18(5-2)23(3)22-17)12-19(24)21-13-20(25)11-10-14-8-6-7-9-16(14)20/h6-9,25H,4-5,10-13H2,1-3H3,(H,21,24). The van der Waals surface area contributed by atoms with Crippen molar-refractivity contribution in [1.82, 2.24) is 15.1 Å². The molecule has 1 amide bonds. The number of rotatable bonds is 6. The fourth-order valence-corrected chi connectivity index (χ4v) is 3.91. The molecule has 3 rings (SSSR count). The van der Waals surface area contributed by atoms with E-state index in [9.17, 15) is 9.90 Å². The fraction of sp³-hybridized carbons (Fsp3) is 0.500. The zero-order valence-corrected chi connectivity index (χ0v) is 15.3. The van der Waals surface area contributed by atoms with E-state index in [0.717, 1.165) is 41.8 Å². The van der Waals surface area contributed by atoms with Crippen molar-refractivity contribution in [3.8, 4) is 0 Å². The molecule has 1 unspecified atom stereocenters. The molecule has 5 heteroatoms. The summed E-state index contributed by atoms with van der Waals surface area (Å²) in [5.41, 5.74) is 4.29. The van der Waals surface area contributed by atoms with E-state index >= 15 is 0 Å². The zero-order chi connectivity index (χ0) is 18.0. The van der Waals surface area contributed by atoms with E-state index in [1.54, 1.807) is 0 Å². The maximum atomic E-state index is 12.5. The quantitative estimate of drug-likeness (QED) is 0.845. The lowest BCUT2D eigenvalue weighted by Gasteiger charge is -2.24. The lowest BCUT2D eigenvalue weighted by Crippen LogP contribution is -2.40. The van der Waals surface area contributed by atoms with Gasteiger partial charge in [-0.1, -0.05) is 38.1 Å². The number of aliphatic hydroxyl groups is 1. The Labute approximate surface area is 149 Å². The smallest absolute Gasteiger partial charge is 0.224 e. The van der Waals surface area contributed by atoms with E-state index in [2.05, 4.69) is 24.3 Å². The highest BCUT2D eigenvalue weighted by Crippen LogP contribution is 2.36. The van der Waals surface area contributed by atoms with Crippen molar-refractivity contribution in [3.05, 3.63) is 52.3 Å². The summed E-state index contributed by atoms with van der Waals surface area (Å²) in [5.74, 6) is -0.0600. The average molecular weight is 341 g/mol. The second kappa shape index (κ2) is 7.00. The molecule has 1 heterocycles. The summed E-state index contributed by atoms with van der Waals surface area (Å²) in [6, 6.07) is 7.93. The van der Waals surface area contributed by atoms with Gasteiger partial charge in [0.1, 0.15) is 5.60 Å². The van der Waals surface area contributed by atoms with Crippen molar-refractivity contribution >= 4 is 5.91 Å². The highest BCUT2D eigenvalue weighted by Gasteiger charge is 2.36. The predicted octanol–water partition coefficient (Wildman–Crippen LogP) is 2.04. The van der Waals surface area contributed by atoms with Crippen LogP contribution < -0.4 is 5.32 Å². The number of amides is 1. The van der Waals surface area contributed by atoms with Crippen molar-refractivity contribution in [1.29, 1.82) is 0 Å². The number of aryl methyl sites for hydroxylation is 3. The van der Waals surface area contributed by atoms with Crippen molar-refractivity contribution in [2.45, 2.75) is 51.6 Å². The van der Waals surface area contributed by atoms with E-state index in [1.807, 2.05) is 36.0 Å². The fourth-order valence-electron chi connectivity index (χ4n) is 3.91. The summed E-state index contributed by atoms with van der Waals surface area (Å²) in [7, 11) is 1.93. The number of fused-ring (bicyclic) bond motifs is 1. The number of benzene rings is 1. The van der Waals surface area contributed by atoms with E-state index < -0.39 is 5.60 Å². The molecule has 1 aromatic heterocycles. The van der Waals surface area contributed by atoms with Gasteiger partial charge in [-0.2, -0.15) is 5.10 Å². The van der Waals surface area contributed by atoms with Gasteiger partial charge in [-0.3, -0.25) is 9.48 Å². The lowest BCUT2D eigenvalue weighted by molar-refractivity contribution is -0.121. The maximum Gasteiger partial charge on any atom is 0.224 e. The van der Waals surface area contributed by atoms with E-state index in [4.69, 9.17) is 0 Å². The van der Waals surface area contributed by atoms with Crippen LogP contribution in [0.5, 0.6) is 0 Å². The highest BCUT2D eigenvalue weighted by atomic mass is 16.3. The third-order valence-corrected chi connectivity index (χ3v) is 5.27. The minimum absolute atomic E-state index is 0.0600. The average Bonchev–Trinajstić information content (AvgIpc) is 3.11. The van der Waals surface area contributed by atoms with Gasteiger partial charge in [-0.25, -0.2) is 0 Å². The number of nitrogens with zero attached hydrogens (tertiary/aromatic N) is 2. The van der Waals surface area contributed by atoms with E-state index in [1.165, 1.54) is 5.56 Å². The van der Waals surface area contributed by atoms with Crippen LogP contribution in [0, 0.1) is 0 Å². The highest BCUT2D eigenvalue weighted by molar-refractivity contribution is 5.79. The molecule has 1 aliphatic rings. The van der Waals surface area contributed by atoms with E-state index in [-0.39, 0.29) is 12.5 Å². The Morgan fingerprint density at radius 2 is 2.08 bits per heavy atom. The van der Waals surface area contributed by atoms with Crippen molar-refractivity contribution in [3.63, 3.8) is 0 Å². The second-order valence-corrected chi connectivity index (χ2v) is 6.84. The Bertz CT molecular complexity index is 781. The molecule has 0 fully saturated rings. The molecule has 5 nitrogen and oxygen atoms in total. The largest absolute Gasteiger partial charge is 0.383 e. The molecular weight excluding hydrogens is 314 g/mol. The van der Waals surface area contributed by atoms with Crippen LogP contribution in [0.1, 0.15) is 48.3 Å². The van der Waals surface area contributed by atoms with Gasteiger partial charge in [0.2, 0.25) is 5.91 Å². The maximum absolute atomic E-state index is 12.5. The Balaban J connectivity index is 1.69. The number of carbonyl (C=O) groups is 1. The third kappa shape index (κ3) is 3.33. The first-order valence-electron chi connectivity index (χ1n) is 9.09. The second-order valence-electron chi connectivity index (χ2n) is 6.84. The van der Waals surface area contributed by atoms with Crippen LogP contribution >= 0.6 is 0 Å². The first-order valence-corrected chi connectivity index (χ1v) is 9.09. The summed E-state index contributed by atoms with van der Waals surface area (Å²) in [6.45, 7) is 4.39. The van der Waals surface area contributed by atoms with E-state index in [0.29, 0.717) is 12.8 Å². The van der Waals surface area contributed by atoms with Crippen LogP contribution in [-0.4, -0.2) is 27.3 Å². The van der Waals surface area contributed by atoms with Gasteiger partial charge >= 0.3 is 0 Å². The van der Waals surface area contributed by atoms with Crippen molar-refractivity contribution < 1.29 is 9.90 Å². The normalized spacial score (nSPS) is 19.0. The Kier molecular flexibility index (Phi) is 4.95. The number of aromatic nitrogens is 2. The molecular formula is C20H27N3O2. The molecule has 1 aliphatic carbocycles.